The molecule has 0 N–H and O–H groups in total. The van der Waals surface area contributed by atoms with Crippen molar-refractivity contribution in [2.75, 3.05) is 0 Å². The normalized spacial score (nSPS) is 20.6. The molecule has 24 heavy (non-hydrogen) atoms. The molecule has 2 aromatic rings. The summed E-state index contributed by atoms with van der Waals surface area (Å²) in [7, 11) is 0. The third-order valence-corrected chi connectivity index (χ3v) is 4.66. The van der Waals surface area contributed by atoms with Crippen LogP contribution in [0.5, 0.6) is 0 Å². The summed E-state index contributed by atoms with van der Waals surface area (Å²) in [4.78, 5) is 8.83. The fourth-order valence-corrected chi connectivity index (χ4v) is 3.18. The highest BCUT2D eigenvalue weighted by Crippen LogP contribution is 2.29. The second-order valence-corrected chi connectivity index (χ2v) is 6.65. The lowest BCUT2D eigenvalue weighted by molar-refractivity contribution is 0.364. The fourth-order valence-electron chi connectivity index (χ4n) is 3.05. The minimum absolute atomic E-state index is 0.502. The Hall–Kier alpha value is -2.11. The van der Waals surface area contributed by atoms with Crippen molar-refractivity contribution < 1.29 is 0 Å². The Labute approximate surface area is 149 Å². The van der Waals surface area contributed by atoms with Gasteiger partial charge in [0, 0.05) is 28.9 Å². The van der Waals surface area contributed by atoms with Gasteiger partial charge in [-0.1, -0.05) is 35.6 Å². The Morgan fingerprint density at radius 3 is 2.33 bits per heavy atom. The van der Waals surface area contributed by atoms with Gasteiger partial charge in [-0.2, -0.15) is 0 Å². The monoisotopic (exact) mass is 336 g/mol. The summed E-state index contributed by atoms with van der Waals surface area (Å²) in [5.74, 6) is 8.58. The van der Waals surface area contributed by atoms with E-state index in [1.165, 1.54) is 25.7 Å². The molecule has 1 aliphatic rings. The van der Waals surface area contributed by atoms with Crippen molar-refractivity contribution in [1.82, 2.24) is 9.97 Å². The summed E-state index contributed by atoms with van der Waals surface area (Å²) in [5, 5.41) is 0.713. The second-order valence-electron chi connectivity index (χ2n) is 6.21. The largest absolute Gasteiger partial charge is 0.235 e. The van der Waals surface area contributed by atoms with E-state index < -0.39 is 0 Å². The molecule has 2 nitrogen and oxygen atoms in total. The van der Waals surface area contributed by atoms with Gasteiger partial charge >= 0.3 is 0 Å². The van der Waals surface area contributed by atoms with Crippen LogP contribution in [0.1, 0.15) is 38.2 Å². The van der Waals surface area contributed by atoms with Crippen LogP contribution in [-0.4, -0.2) is 9.97 Å². The lowest BCUT2D eigenvalue weighted by atomic mass is 9.82. The molecule has 0 amide bonds. The minimum atomic E-state index is 0.502. The zero-order valence-corrected chi connectivity index (χ0v) is 14.6. The Morgan fingerprint density at radius 2 is 1.71 bits per heavy atom. The summed E-state index contributed by atoms with van der Waals surface area (Å²) in [5.41, 5.74) is 1.84. The van der Waals surface area contributed by atoms with E-state index >= 15 is 0 Å². The van der Waals surface area contributed by atoms with Crippen LogP contribution in [0.4, 0.5) is 0 Å². The van der Waals surface area contributed by atoms with Gasteiger partial charge in [-0.05, 0) is 62.8 Å². The molecule has 1 aliphatic carbocycles. The zero-order valence-electron chi connectivity index (χ0n) is 13.9. The third-order valence-electron chi connectivity index (χ3n) is 4.41. The van der Waals surface area contributed by atoms with Gasteiger partial charge in [-0.3, -0.25) is 0 Å². The average molecular weight is 337 g/mol. The van der Waals surface area contributed by atoms with Gasteiger partial charge in [0.05, 0.1) is 5.56 Å². The topological polar surface area (TPSA) is 25.8 Å². The summed E-state index contributed by atoms with van der Waals surface area (Å²) in [6.07, 6.45) is 13.0. The van der Waals surface area contributed by atoms with E-state index in [-0.39, 0.29) is 0 Å². The highest BCUT2D eigenvalue weighted by molar-refractivity contribution is 6.30. The Balaban J connectivity index is 1.62. The van der Waals surface area contributed by atoms with Crippen molar-refractivity contribution >= 4 is 11.6 Å². The van der Waals surface area contributed by atoms with Gasteiger partial charge in [0.15, 0.2) is 5.82 Å². The molecule has 1 saturated carbocycles. The van der Waals surface area contributed by atoms with Gasteiger partial charge < -0.3 is 0 Å². The maximum Gasteiger partial charge on any atom is 0.159 e. The first-order valence-corrected chi connectivity index (χ1v) is 8.84. The molecule has 0 atom stereocenters. The summed E-state index contributed by atoms with van der Waals surface area (Å²) in [6, 6.07) is 7.54. The molecule has 122 valence electrons. The molecule has 1 aromatic carbocycles. The number of nitrogens with zero attached hydrogens (tertiary/aromatic N) is 2. The maximum absolute atomic E-state index is 5.90. The van der Waals surface area contributed by atoms with Gasteiger partial charge in [-0.15, -0.1) is 0 Å². The number of halogens is 1. The van der Waals surface area contributed by atoms with Crippen molar-refractivity contribution in [1.29, 1.82) is 0 Å². The molecule has 1 fully saturated rings. The van der Waals surface area contributed by atoms with E-state index in [1.54, 1.807) is 12.4 Å². The number of aromatic nitrogens is 2. The Kier molecular flexibility index (Phi) is 5.67. The van der Waals surface area contributed by atoms with Crippen LogP contribution in [0.25, 0.3) is 11.4 Å². The van der Waals surface area contributed by atoms with Crippen LogP contribution in [0, 0.1) is 23.7 Å². The van der Waals surface area contributed by atoms with E-state index in [1.807, 2.05) is 24.3 Å². The predicted molar refractivity (Wildman–Crippen MR) is 99.6 cm³/mol. The quantitative estimate of drug-likeness (QED) is 0.532. The zero-order chi connectivity index (χ0) is 16.8. The van der Waals surface area contributed by atoms with E-state index in [0.29, 0.717) is 16.8 Å². The molecule has 1 heterocycles. The Morgan fingerprint density at radius 1 is 1.04 bits per heavy atom. The first-order chi connectivity index (χ1) is 11.7. The number of benzene rings is 1. The molecule has 0 bridgehead atoms. The van der Waals surface area contributed by atoms with E-state index in [2.05, 4.69) is 40.9 Å². The molecular formula is C21H21ClN2. The third kappa shape index (κ3) is 4.46. The van der Waals surface area contributed by atoms with Crippen molar-refractivity contribution in [3.05, 3.63) is 59.4 Å². The summed E-state index contributed by atoms with van der Waals surface area (Å²) in [6.45, 7) is 2.10. The van der Waals surface area contributed by atoms with Crippen molar-refractivity contribution in [3.63, 3.8) is 0 Å². The van der Waals surface area contributed by atoms with Crippen LogP contribution < -0.4 is 0 Å². The van der Waals surface area contributed by atoms with Gasteiger partial charge in [-0.25, -0.2) is 9.97 Å². The molecule has 0 radical (unpaired) electrons. The van der Waals surface area contributed by atoms with Crippen LogP contribution in [0.15, 0.2) is 48.8 Å². The summed E-state index contributed by atoms with van der Waals surface area (Å²) >= 11 is 5.90. The van der Waals surface area contributed by atoms with Crippen molar-refractivity contribution in [3.8, 4) is 23.2 Å². The molecule has 3 rings (SSSR count). The van der Waals surface area contributed by atoms with Crippen LogP contribution in [0.3, 0.4) is 0 Å². The molecule has 0 saturated heterocycles. The van der Waals surface area contributed by atoms with E-state index in [0.717, 1.165) is 17.0 Å². The van der Waals surface area contributed by atoms with Gasteiger partial charge in [0.2, 0.25) is 0 Å². The summed E-state index contributed by atoms with van der Waals surface area (Å²) < 4.78 is 0. The van der Waals surface area contributed by atoms with E-state index in [9.17, 15) is 0 Å². The number of allylic oxidation sites excluding steroid dienone is 2. The average Bonchev–Trinajstić information content (AvgIpc) is 2.63. The van der Waals surface area contributed by atoms with E-state index in [4.69, 9.17) is 11.6 Å². The first kappa shape index (κ1) is 16.7. The highest BCUT2D eigenvalue weighted by Gasteiger charge is 2.17. The van der Waals surface area contributed by atoms with Crippen molar-refractivity contribution in [2.24, 2.45) is 11.8 Å². The molecule has 1 aromatic heterocycles. The van der Waals surface area contributed by atoms with Gasteiger partial charge in [0.1, 0.15) is 0 Å². The number of rotatable bonds is 2. The molecule has 0 unspecified atom stereocenters. The second kappa shape index (κ2) is 8.13. The molecule has 0 spiro atoms. The van der Waals surface area contributed by atoms with Crippen LogP contribution in [0.2, 0.25) is 5.02 Å². The van der Waals surface area contributed by atoms with Crippen molar-refractivity contribution in [2.45, 2.75) is 32.6 Å². The van der Waals surface area contributed by atoms with Crippen LogP contribution in [-0.2, 0) is 0 Å². The smallest absolute Gasteiger partial charge is 0.159 e. The number of hydrogen-bond donors (Lipinski definition) is 0. The first-order valence-electron chi connectivity index (χ1n) is 8.47. The lowest BCUT2D eigenvalue weighted by Gasteiger charge is -2.22. The SMILES string of the molecule is C/C=C/[C@H]1CC[C@H](C#Cc2cnc(-c3ccc(Cl)cc3)nc2)CC1. The molecule has 3 heteroatoms. The standard InChI is InChI=1S/C21H21ClN2/c1-2-3-16-4-6-17(7-5-16)8-9-18-14-23-21(24-15-18)19-10-12-20(22)13-11-19/h2-3,10-17H,4-7H2,1H3/b3-2+/t16-,17-. The fraction of sp³-hybridized carbons (Fsp3) is 0.333. The predicted octanol–water partition coefficient (Wildman–Crippen LogP) is 5.53. The number of hydrogen-bond acceptors (Lipinski definition) is 2. The lowest BCUT2D eigenvalue weighted by Crippen LogP contribution is -2.11. The van der Waals surface area contributed by atoms with Crippen LogP contribution >= 0.6 is 11.6 Å². The molecular weight excluding hydrogens is 316 g/mol. The maximum atomic E-state index is 5.90. The minimum Gasteiger partial charge on any atom is -0.235 e. The highest BCUT2D eigenvalue weighted by atomic mass is 35.5. The van der Waals surface area contributed by atoms with Gasteiger partial charge in [0.25, 0.3) is 0 Å². The Bertz CT molecular complexity index is 743. The molecule has 0 aliphatic heterocycles.